The molecule has 3 atom stereocenters. The van der Waals surface area contributed by atoms with Gasteiger partial charge in [-0.25, -0.2) is 0 Å². The van der Waals surface area contributed by atoms with Crippen LogP contribution in [0.4, 0.5) is 0 Å². The Kier molecular flexibility index (Phi) is 5.92. The SMILES string of the molecule is CC(C)CC(CN)C(=O)N[C@H]1CCCC[C@@H]1O. The number of amides is 1. The second kappa shape index (κ2) is 6.97. The lowest BCUT2D eigenvalue weighted by Crippen LogP contribution is -2.48. The Balaban J connectivity index is 2.45. The predicted molar refractivity (Wildman–Crippen MR) is 68.4 cm³/mol. The number of hydrogen-bond acceptors (Lipinski definition) is 3. The molecule has 4 N–H and O–H groups in total. The van der Waals surface area contributed by atoms with Crippen molar-refractivity contribution in [2.24, 2.45) is 17.6 Å². The molecule has 4 heteroatoms. The molecule has 1 fully saturated rings. The van der Waals surface area contributed by atoms with Crippen LogP contribution in [0.1, 0.15) is 46.0 Å². The van der Waals surface area contributed by atoms with Crippen LogP contribution in [0.25, 0.3) is 0 Å². The van der Waals surface area contributed by atoms with Gasteiger partial charge in [0.05, 0.1) is 18.1 Å². The Morgan fingerprint density at radius 1 is 1.41 bits per heavy atom. The zero-order chi connectivity index (χ0) is 12.8. The van der Waals surface area contributed by atoms with E-state index in [1.165, 1.54) is 0 Å². The molecule has 1 aliphatic carbocycles. The van der Waals surface area contributed by atoms with Crippen molar-refractivity contribution in [3.63, 3.8) is 0 Å². The fraction of sp³-hybridized carbons (Fsp3) is 0.923. The Morgan fingerprint density at radius 3 is 2.59 bits per heavy atom. The van der Waals surface area contributed by atoms with Gasteiger partial charge in [0.2, 0.25) is 5.91 Å². The highest BCUT2D eigenvalue weighted by molar-refractivity contribution is 5.79. The van der Waals surface area contributed by atoms with Crippen LogP contribution >= 0.6 is 0 Å². The Hall–Kier alpha value is -0.610. The third-order valence-electron chi connectivity index (χ3n) is 3.47. The quantitative estimate of drug-likeness (QED) is 0.674. The molecule has 0 aromatic carbocycles. The molecule has 0 aliphatic heterocycles. The van der Waals surface area contributed by atoms with E-state index >= 15 is 0 Å². The third-order valence-corrected chi connectivity index (χ3v) is 3.47. The fourth-order valence-electron chi connectivity index (χ4n) is 2.46. The monoisotopic (exact) mass is 242 g/mol. The molecule has 0 radical (unpaired) electrons. The molecule has 0 heterocycles. The van der Waals surface area contributed by atoms with Gasteiger partial charge in [0.1, 0.15) is 0 Å². The number of hydrogen-bond donors (Lipinski definition) is 3. The van der Waals surface area contributed by atoms with Gasteiger partial charge in [-0.05, 0) is 25.2 Å². The zero-order valence-electron chi connectivity index (χ0n) is 11.0. The molecule has 0 spiro atoms. The van der Waals surface area contributed by atoms with E-state index in [0.717, 1.165) is 32.1 Å². The van der Waals surface area contributed by atoms with Gasteiger partial charge in [-0.1, -0.05) is 26.7 Å². The lowest BCUT2D eigenvalue weighted by Gasteiger charge is -2.30. The standard InChI is InChI=1S/C13H26N2O2/c1-9(2)7-10(8-14)13(17)15-11-5-3-4-6-12(11)16/h9-12,16H,3-8,14H2,1-2H3,(H,15,17)/t10?,11-,12-/m0/s1. The van der Waals surface area contributed by atoms with Gasteiger partial charge in [0.15, 0.2) is 0 Å². The van der Waals surface area contributed by atoms with Crippen LogP contribution in [-0.4, -0.2) is 29.7 Å². The Morgan fingerprint density at radius 2 is 2.06 bits per heavy atom. The Bertz CT molecular complexity index is 244. The highest BCUT2D eigenvalue weighted by Crippen LogP contribution is 2.19. The fourth-order valence-corrected chi connectivity index (χ4v) is 2.46. The van der Waals surface area contributed by atoms with Gasteiger partial charge in [-0.3, -0.25) is 4.79 Å². The molecular formula is C13H26N2O2. The van der Waals surface area contributed by atoms with Crippen molar-refractivity contribution in [1.82, 2.24) is 5.32 Å². The summed E-state index contributed by atoms with van der Waals surface area (Å²) in [4.78, 5) is 12.0. The molecule has 1 amide bonds. The van der Waals surface area contributed by atoms with Gasteiger partial charge in [0, 0.05) is 6.54 Å². The predicted octanol–water partition coefficient (Wildman–Crippen LogP) is 1.03. The summed E-state index contributed by atoms with van der Waals surface area (Å²) >= 11 is 0. The summed E-state index contributed by atoms with van der Waals surface area (Å²) in [5.74, 6) is 0.349. The number of nitrogens with two attached hydrogens (primary N) is 1. The van der Waals surface area contributed by atoms with E-state index in [1.54, 1.807) is 0 Å². The summed E-state index contributed by atoms with van der Waals surface area (Å²) in [5, 5.41) is 12.8. The maximum absolute atomic E-state index is 12.0. The topological polar surface area (TPSA) is 75.4 Å². The van der Waals surface area contributed by atoms with E-state index < -0.39 is 0 Å². The van der Waals surface area contributed by atoms with E-state index in [0.29, 0.717) is 12.5 Å². The van der Waals surface area contributed by atoms with Crippen LogP contribution in [0, 0.1) is 11.8 Å². The van der Waals surface area contributed by atoms with Crippen LogP contribution in [-0.2, 0) is 4.79 Å². The van der Waals surface area contributed by atoms with Crippen molar-refractivity contribution in [3.8, 4) is 0 Å². The van der Waals surface area contributed by atoms with Crippen molar-refractivity contribution >= 4 is 5.91 Å². The summed E-state index contributed by atoms with van der Waals surface area (Å²) in [6.07, 6.45) is 4.24. The van der Waals surface area contributed by atoms with E-state index in [-0.39, 0.29) is 24.0 Å². The third kappa shape index (κ3) is 4.64. The average molecular weight is 242 g/mol. The summed E-state index contributed by atoms with van der Waals surface area (Å²) in [7, 11) is 0. The number of rotatable bonds is 5. The molecule has 0 aromatic heterocycles. The lowest BCUT2D eigenvalue weighted by molar-refractivity contribution is -0.127. The summed E-state index contributed by atoms with van der Waals surface area (Å²) in [5.41, 5.74) is 5.64. The van der Waals surface area contributed by atoms with Crippen molar-refractivity contribution < 1.29 is 9.90 Å². The number of aliphatic hydroxyl groups excluding tert-OH is 1. The number of nitrogens with one attached hydrogen (secondary N) is 1. The molecule has 0 aromatic rings. The first kappa shape index (κ1) is 14.5. The second-order valence-corrected chi connectivity index (χ2v) is 5.53. The van der Waals surface area contributed by atoms with E-state index in [9.17, 15) is 9.90 Å². The first-order chi connectivity index (χ1) is 8.04. The molecule has 1 aliphatic rings. The van der Waals surface area contributed by atoms with Crippen LogP contribution in [0.15, 0.2) is 0 Å². The van der Waals surface area contributed by atoms with E-state index in [4.69, 9.17) is 5.73 Å². The first-order valence-electron chi connectivity index (χ1n) is 6.73. The first-order valence-corrected chi connectivity index (χ1v) is 6.73. The highest BCUT2D eigenvalue weighted by atomic mass is 16.3. The minimum Gasteiger partial charge on any atom is -0.391 e. The molecular weight excluding hydrogens is 216 g/mol. The smallest absolute Gasteiger partial charge is 0.224 e. The normalized spacial score (nSPS) is 26.9. The molecule has 100 valence electrons. The van der Waals surface area contributed by atoms with E-state index in [2.05, 4.69) is 19.2 Å². The van der Waals surface area contributed by atoms with Crippen LogP contribution in [0.3, 0.4) is 0 Å². The average Bonchev–Trinajstić information content (AvgIpc) is 2.28. The van der Waals surface area contributed by atoms with Crippen LogP contribution in [0.2, 0.25) is 0 Å². The molecule has 1 rings (SSSR count). The van der Waals surface area contributed by atoms with Gasteiger partial charge in [-0.2, -0.15) is 0 Å². The lowest BCUT2D eigenvalue weighted by atomic mass is 9.91. The maximum atomic E-state index is 12.0. The molecule has 1 saturated carbocycles. The van der Waals surface area contributed by atoms with Gasteiger partial charge < -0.3 is 16.2 Å². The van der Waals surface area contributed by atoms with Gasteiger partial charge in [-0.15, -0.1) is 0 Å². The van der Waals surface area contributed by atoms with Crippen molar-refractivity contribution in [2.75, 3.05) is 6.54 Å². The van der Waals surface area contributed by atoms with Crippen molar-refractivity contribution in [2.45, 2.75) is 58.1 Å². The number of aliphatic hydroxyl groups is 1. The minimum atomic E-state index is -0.384. The second-order valence-electron chi connectivity index (χ2n) is 5.53. The number of carbonyl (C=O) groups is 1. The molecule has 0 bridgehead atoms. The molecule has 0 saturated heterocycles. The summed E-state index contributed by atoms with van der Waals surface area (Å²) < 4.78 is 0. The number of carbonyl (C=O) groups excluding carboxylic acids is 1. The largest absolute Gasteiger partial charge is 0.391 e. The highest BCUT2D eigenvalue weighted by Gasteiger charge is 2.27. The van der Waals surface area contributed by atoms with Gasteiger partial charge in [0.25, 0.3) is 0 Å². The minimum absolute atomic E-state index is 0.00662. The molecule has 1 unspecified atom stereocenters. The van der Waals surface area contributed by atoms with E-state index in [1.807, 2.05) is 0 Å². The zero-order valence-corrected chi connectivity index (χ0v) is 11.0. The van der Waals surface area contributed by atoms with Crippen LogP contribution in [0.5, 0.6) is 0 Å². The Labute approximate surface area is 104 Å². The molecule has 17 heavy (non-hydrogen) atoms. The molecule has 4 nitrogen and oxygen atoms in total. The van der Waals surface area contributed by atoms with Crippen molar-refractivity contribution in [3.05, 3.63) is 0 Å². The van der Waals surface area contributed by atoms with Crippen LogP contribution < -0.4 is 11.1 Å². The van der Waals surface area contributed by atoms with Crippen molar-refractivity contribution in [1.29, 1.82) is 0 Å². The summed E-state index contributed by atoms with van der Waals surface area (Å²) in [6.45, 7) is 4.56. The summed E-state index contributed by atoms with van der Waals surface area (Å²) in [6, 6.07) is -0.0718. The maximum Gasteiger partial charge on any atom is 0.224 e. The van der Waals surface area contributed by atoms with Gasteiger partial charge >= 0.3 is 0 Å².